The summed E-state index contributed by atoms with van der Waals surface area (Å²) in [4.78, 5) is 15.1. The van der Waals surface area contributed by atoms with Gasteiger partial charge in [0.25, 0.3) is 5.91 Å². The molecule has 3 rings (SSSR count). The van der Waals surface area contributed by atoms with Gasteiger partial charge in [0.2, 0.25) is 0 Å². The van der Waals surface area contributed by atoms with Crippen molar-refractivity contribution in [2.45, 2.75) is 6.42 Å². The molecule has 1 heterocycles. The van der Waals surface area contributed by atoms with Gasteiger partial charge in [-0.25, -0.2) is 0 Å². The van der Waals surface area contributed by atoms with Crippen LogP contribution >= 0.6 is 15.9 Å². The summed E-state index contributed by atoms with van der Waals surface area (Å²) in [5, 5.41) is 4.08. The SMILES string of the molecule is O=C(COc1ccc(Br)cc1)NCCc1c[nH]c2ccccc12. The number of rotatable bonds is 6. The Balaban J connectivity index is 1.45. The predicted molar refractivity (Wildman–Crippen MR) is 94.6 cm³/mol. The normalized spacial score (nSPS) is 10.7. The van der Waals surface area contributed by atoms with E-state index in [0.29, 0.717) is 12.3 Å². The molecule has 0 unspecified atom stereocenters. The lowest BCUT2D eigenvalue weighted by molar-refractivity contribution is -0.123. The minimum Gasteiger partial charge on any atom is -0.484 e. The molecule has 0 atom stereocenters. The predicted octanol–water partition coefficient (Wildman–Crippen LogP) is 3.67. The Hall–Kier alpha value is -2.27. The molecule has 4 nitrogen and oxygen atoms in total. The highest BCUT2D eigenvalue weighted by Crippen LogP contribution is 2.18. The van der Waals surface area contributed by atoms with E-state index in [1.807, 2.05) is 48.7 Å². The van der Waals surface area contributed by atoms with Gasteiger partial charge < -0.3 is 15.0 Å². The number of benzene rings is 2. The minimum atomic E-state index is -0.118. The maximum absolute atomic E-state index is 11.8. The molecular formula is C18H17BrN2O2. The van der Waals surface area contributed by atoms with E-state index in [1.165, 1.54) is 10.9 Å². The summed E-state index contributed by atoms with van der Waals surface area (Å²) < 4.78 is 6.42. The number of fused-ring (bicyclic) bond motifs is 1. The highest BCUT2D eigenvalue weighted by atomic mass is 79.9. The van der Waals surface area contributed by atoms with Gasteiger partial charge in [-0.3, -0.25) is 4.79 Å². The maximum atomic E-state index is 11.8. The average molecular weight is 373 g/mol. The van der Waals surface area contributed by atoms with Crippen molar-refractivity contribution < 1.29 is 9.53 Å². The number of carbonyl (C=O) groups excluding carboxylic acids is 1. The lowest BCUT2D eigenvalue weighted by Crippen LogP contribution is -2.30. The van der Waals surface area contributed by atoms with Crippen LogP contribution in [0.4, 0.5) is 0 Å². The molecule has 0 aliphatic heterocycles. The number of aromatic nitrogens is 1. The van der Waals surface area contributed by atoms with Crippen molar-refractivity contribution in [3.05, 3.63) is 64.8 Å². The fraction of sp³-hybridized carbons (Fsp3) is 0.167. The van der Waals surface area contributed by atoms with Gasteiger partial charge in [-0.2, -0.15) is 0 Å². The van der Waals surface area contributed by atoms with E-state index >= 15 is 0 Å². The number of hydrogen-bond acceptors (Lipinski definition) is 2. The molecule has 0 spiro atoms. The maximum Gasteiger partial charge on any atom is 0.257 e. The molecule has 0 bridgehead atoms. The minimum absolute atomic E-state index is 0.0233. The van der Waals surface area contributed by atoms with Gasteiger partial charge in [0.1, 0.15) is 5.75 Å². The van der Waals surface area contributed by atoms with E-state index in [-0.39, 0.29) is 12.5 Å². The molecule has 3 aromatic rings. The number of nitrogens with one attached hydrogen (secondary N) is 2. The fourth-order valence-electron chi connectivity index (χ4n) is 2.41. The number of hydrogen-bond donors (Lipinski definition) is 2. The van der Waals surface area contributed by atoms with Gasteiger partial charge in [-0.15, -0.1) is 0 Å². The van der Waals surface area contributed by atoms with Crippen LogP contribution in [-0.2, 0) is 11.2 Å². The van der Waals surface area contributed by atoms with Gasteiger partial charge >= 0.3 is 0 Å². The number of amides is 1. The van der Waals surface area contributed by atoms with Gasteiger partial charge in [-0.05, 0) is 42.3 Å². The van der Waals surface area contributed by atoms with Crippen LogP contribution in [0.5, 0.6) is 5.75 Å². The van der Waals surface area contributed by atoms with Crippen molar-refractivity contribution in [3.8, 4) is 5.75 Å². The van der Waals surface area contributed by atoms with E-state index in [2.05, 4.69) is 32.3 Å². The molecule has 23 heavy (non-hydrogen) atoms. The topological polar surface area (TPSA) is 54.1 Å². The van der Waals surface area contributed by atoms with E-state index < -0.39 is 0 Å². The van der Waals surface area contributed by atoms with Crippen molar-refractivity contribution in [1.29, 1.82) is 0 Å². The number of carbonyl (C=O) groups is 1. The molecule has 0 saturated carbocycles. The van der Waals surface area contributed by atoms with Crippen LogP contribution in [0.25, 0.3) is 10.9 Å². The molecule has 0 radical (unpaired) electrons. The second kappa shape index (κ2) is 7.33. The summed E-state index contributed by atoms with van der Waals surface area (Å²) in [6.45, 7) is 0.611. The lowest BCUT2D eigenvalue weighted by Gasteiger charge is -2.07. The number of H-pyrrole nitrogens is 1. The van der Waals surface area contributed by atoms with E-state index in [9.17, 15) is 4.79 Å². The third-order valence-electron chi connectivity index (χ3n) is 3.57. The molecule has 1 aromatic heterocycles. The van der Waals surface area contributed by atoms with Crippen LogP contribution in [-0.4, -0.2) is 24.0 Å². The first-order chi connectivity index (χ1) is 11.2. The molecule has 2 N–H and O–H groups in total. The third-order valence-corrected chi connectivity index (χ3v) is 4.10. The monoisotopic (exact) mass is 372 g/mol. The van der Waals surface area contributed by atoms with Gasteiger partial charge in [0.05, 0.1) is 0 Å². The second-order valence-electron chi connectivity index (χ2n) is 5.20. The summed E-state index contributed by atoms with van der Waals surface area (Å²) in [6, 6.07) is 15.6. The van der Waals surface area contributed by atoms with Crippen LogP contribution in [0, 0.1) is 0 Å². The standard InChI is InChI=1S/C18H17BrN2O2/c19-14-5-7-15(8-6-14)23-12-18(22)20-10-9-13-11-21-17-4-2-1-3-16(13)17/h1-8,11,21H,9-10,12H2,(H,20,22). The smallest absolute Gasteiger partial charge is 0.257 e. The fourth-order valence-corrected chi connectivity index (χ4v) is 2.67. The van der Waals surface area contributed by atoms with Crippen molar-refractivity contribution in [3.63, 3.8) is 0 Å². The largest absolute Gasteiger partial charge is 0.484 e. The lowest BCUT2D eigenvalue weighted by atomic mass is 10.1. The average Bonchev–Trinajstić information content (AvgIpc) is 2.98. The Bertz CT molecular complexity index is 796. The summed E-state index contributed by atoms with van der Waals surface area (Å²) in [6.07, 6.45) is 2.78. The first-order valence-electron chi connectivity index (χ1n) is 7.42. The first kappa shape index (κ1) is 15.6. The zero-order valence-corrected chi connectivity index (χ0v) is 14.1. The summed E-state index contributed by atoms with van der Waals surface area (Å²) >= 11 is 3.36. The number of ether oxygens (including phenoxy) is 1. The Labute approximate surface area is 143 Å². The van der Waals surface area contributed by atoms with Crippen molar-refractivity contribution in [1.82, 2.24) is 10.3 Å². The molecule has 5 heteroatoms. The van der Waals surface area contributed by atoms with Crippen LogP contribution in [0.3, 0.4) is 0 Å². The molecule has 0 aliphatic carbocycles. The van der Waals surface area contributed by atoms with Crippen molar-refractivity contribution >= 4 is 32.7 Å². The number of aromatic amines is 1. The second-order valence-corrected chi connectivity index (χ2v) is 6.12. The molecule has 0 aliphatic rings. The molecule has 1 amide bonds. The quantitative estimate of drug-likeness (QED) is 0.693. The van der Waals surface area contributed by atoms with Gasteiger partial charge in [0.15, 0.2) is 6.61 Å². The zero-order chi connectivity index (χ0) is 16.1. The third kappa shape index (κ3) is 4.13. The molecule has 0 saturated heterocycles. The van der Waals surface area contributed by atoms with E-state index in [0.717, 1.165) is 16.4 Å². The highest BCUT2D eigenvalue weighted by molar-refractivity contribution is 9.10. The van der Waals surface area contributed by atoms with Gasteiger partial charge in [0, 0.05) is 28.1 Å². The van der Waals surface area contributed by atoms with Crippen LogP contribution in [0.15, 0.2) is 59.2 Å². The van der Waals surface area contributed by atoms with E-state index in [1.54, 1.807) is 0 Å². The highest BCUT2D eigenvalue weighted by Gasteiger charge is 2.05. The molecule has 0 fully saturated rings. The number of para-hydroxylation sites is 1. The molecule has 2 aromatic carbocycles. The Morgan fingerprint density at radius 3 is 2.74 bits per heavy atom. The molecular weight excluding hydrogens is 356 g/mol. The Morgan fingerprint density at radius 2 is 1.91 bits per heavy atom. The zero-order valence-electron chi connectivity index (χ0n) is 12.5. The van der Waals surface area contributed by atoms with Crippen molar-refractivity contribution in [2.24, 2.45) is 0 Å². The summed E-state index contributed by atoms with van der Waals surface area (Å²) in [7, 11) is 0. The Kier molecular flexibility index (Phi) is 4.98. The first-order valence-corrected chi connectivity index (χ1v) is 8.22. The van der Waals surface area contributed by atoms with Crippen LogP contribution < -0.4 is 10.1 Å². The van der Waals surface area contributed by atoms with Gasteiger partial charge in [-0.1, -0.05) is 34.1 Å². The number of halogens is 1. The van der Waals surface area contributed by atoms with Crippen LogP contribution in [0.2, 0.25) is 0 Å². The van der Waals surface area contributed by atoms with Crippen LogP contribution in [0.1, 0.15) is 5.56 Å². The summed E-state index contributed by atoms with van der Waals surface area (Å²) in [5.74, 6) is 0.563. The Morgan fingerprint density at radius 1 is 1.13 bits per heavy atom. The summed E-state index contributed by atoms with van der Waals surface area (Å²) in [5.41, 5.74) is 2.32. The molecule has 118 valence electrons. The van der Waals surface area contributed by atoms with E-state index in [4.69, 9.17) is 4.74 Å². The van der Waals surface area contributed by atoms with Crippen molar-refractivity contribution in [2.75, 3.05) is 13.2 Å².